The summed E-state index contributed by atoms with van der Waals surface area (Å²) in [6.07, 6.45) is 0. The van der Waals surface area contributed by atoms with Gasteiger partial charge in [-0.3, -0.25) is 9.69 Å². The van der Waals surface area contributed by atoms with Crippen LogP contribution in [0.25, 0.3) is 0 Å². The van der Waals surface area contributed by atoms with Crippen molar-refractivity contribution in [3.8, 4) is 5.75 Å². The Balaban J connectivity index is 0.00000264. The molecule has 0 bridgehead atoms. The first-order valence-corrected chi connectivity index (χ1v) is 7.78. The number of aliphatic hydroxyl groups is 1. The molecular formula is C17H27ClN2O3. The molecular weight excluding hydrogens is 316 g/mol. The Hall–Kier alpha value is -1.14. The molecule has 1 aromatic rings. The number of aliphatic hydroxyl groups excluding tert-OH is 1. The Labute approximate surface area is 144 Å². The van der Waals surface area contributed by atoms with E-state index in [0.717, 1.165) is 31.7 Å². The molecule has 1 aromatic carbocycles. The van der Waals surface area contributed by atoms with Gasteiger partial charge in [-0.25, -0.2) is 0 Å². The average Bonchev–Trinajstić information content (AvgIpc) is 2.48. The number of carbonyl (C=O) groups is 1. The summed E-state index contributed by atoms with van der Waals surface area (Å²) in [4.78, 5) is 13.6. The third-order valence-electron chi connectivity index (χ3n) is 4.10. The Morgan fingerprint density at radius 1 is 1.39 bits per heavy atom. The van der Waals surface area contributed by atoms with Gasteiger partial charge in [0, 0.05) is 51.2 Å². The van der Waals surface area contributed by atoms with E-state index < -0.39 is 0 Å². The molecule has 6 heteroatoms. The summed E-state index contributed by atoms with van der Waals surface area (Å²) in [7, 11) is 0. The molecule has 5 nitrogen and oxygen atoms in total. The van der Waals surface area contributed by atoms with E-state index in [-0.39, 0.29) is 36.4 Å². The topological polar surface area (TPSA) is 61.8 Å². The summed E-state index contributed by atoms with van der Waals surface area (Å²) >= 11 is 0. The molecule has 0 unspecified atom stereocenters. The van der Waals surface area contributed by atoms with Crippen LogP contribution < -0.4 is 10.1 Å². The minimum atomic E-state index is -0.322. The van der Waals surface area contributed by atoms with E-state index in [1.807, 2.05) is 18.2 Å². The predicted octanol–water partition coefficient (Wildman–Crippen LogP) is 2.00. The summed E-state index contributed by atoms with van der Waals surface area (Å²) < 4.78 is 5.21. The Morgan fingerprint density at radius 3 is 2.61 bits per heavy atom. The zero-order valence-corrected chi connectivity index (χ0v) is 14.9. The first-order chi connectivity index (χ1) is 10.4. The van der Waals surface area contributed by atoms with Crippen molar-refractivity contribution >= 4 is 18.4 Å². The lowest BCUT2D eigenvalue weighted by Crippen LogP contribution is -2.49. The van der Waals surface area contributed by atoms with Crippen LogP contribution in [0.3, 0.4) is 0 Å². The Morgan fingerprint density at radius 2 is 2.04 bits per heavy atom. The zero-order valence-electron chi connectivity index (χ0n) is 14.0. The number of nitrogens with one attached hydrogen (secondary N) is 1. The van der Waals surface area contributed by atoms with Crippen LogP contribution in [0.1, 0.15) is 32.4 Å². The van der Waals surface area contributed by atoms with Gasteiger partial charge in [-0.05, 0) is 17.7 Å². The van der Waals surface area contributed by atoms with E-state index in [4.69, 9.17) is 4.74 Å². The van der Waals surface area contributed by atoms with Crippen LogP contribution in [0.2, 0.25) is 0 Å². The van der Waals surface area contributed by atoms with Gasteiger partial charge in [0.25, 0.3) is 0 Å². The standard InChI is InChI=1S/C17H26N2O3.ClH/c1-13(21)22-15-6-4-5-14(11-15)16(17(2,3)12-20)19-9-7-18-8-10-19;/h4-6,11,16,18,20H,7-10,12H2,1-3H3;1H/t16-;/m1./s1. The van der Waals surface area contributed by atoms with Gasteiger partial charge >= 0.3 is 5.97 Å². The molecule has 2 N–H and O–H groups in total. The molecule has 1 saturated heterocycles. The van der Waals surface area contributed by atoms with Crippen LogP contribution in [0.15, 0.2) is 24.3 Å². The van der Waals surface area contributed by atoms with Crippen LogP contribution in [-0.4, -0.2) is 48.8 Å². The molecule has 1 aliphatic rings. The fourth-order valence-electron chi connectivity index (χ4n) is 3.10. The molecule has 0 spiro atoms. The van der Waals surface area contributed by atoms with E-state index in [1.165, 1.54) is 6.92 Å². The lowest BCUT2D eigenvalue weighted by atomic mass is 9.79. The van der Waals surface area contributed by atoms with Gasteiger partial charge < -0.3 is 15.2 Å². The van der Waals surface area contributed by atoms with Gasteiger partial charge in [0.2, 0.25) is 0 Å². The van der Waals surface area contributed by atoms with Crippen LogP contribution in [0.5, 0.6) is 5.75 Å². The summed E-state index contributed by atoms with van der Waals surface area (Å²) in [6, 6.07) is 7.71. The fraction of sp³-hybridized carbons (Fsp3) is 0.588. The highest BCUT2D eigenvalue weighted by molar-refractivity contribution is 5.85. The number of piperazine rings is 1. The Kier molecular flexibility index (Phi) is 7.48. The van der Waals surface area contributed by atoms with Crippen LogP contribution in [0, 0.1) is 5.41 Å². The minimum Gasteiger partial charge on any atom is -0.427 e. The smallest absolute Gasteiger partial charge is 0.308 e. The van der Waals surface area contributed by atoms with E-state index in [0.29, 0.717) is 5.75 Å². The highest BCUT2D eigenvalue weighted by Gasteiger charge is 2.35. The summed E-state index contributed by atoms with van der Waals surface area (Å²) in [5.74, 6) is 0.233. The molecule has 2 rings (SSSR count). The van der Waals surface area contributed by atoms with Gasteiger partial charge in [-0.15, -0.1) is 12.4 Å². The number of esters is 1. The van der Waals surface area contributed by atoms with Crippen molar-refractivity contribution in [3.05, 3.63) is 29.8 Å². The first kappa shape index (κ1) is 19.9. The number of hydrogen-bond acceptors (Lipinski definition) is 5. The van der Waals surface area contributed by atoms with E-state index in [9.17, 15) is 9.90 Å². The number of hydrogen-bond donors (Lipinski definition) is 2. The number of ether oxygens (including phenoxy) is 1. The summed E-state index contributed by atoms with van der Waals surface area (Å²) in [6.45, 7) is 9.40. The maximum atomic E-state index is 11.2. The first-order valence-electron chi connectivity index (χ1n) is 7.78. The molecule has 1 fully saturated rings. The lowest BCUT2D eigenvalue weighted by molar-refractivity contribution is -0.131. The molecule has 0 saturated carbocycles. The third kappa shape index (κ3) is 5.18. The highest BCUT2D eigenvalue weighted by atomic mass is 35.5. The molecule has 0 amide bonds. The largest absolute Gasteiger partial charge is 0.427 e. The highest BCUT2D eigenvalue weighted by Crippen LogP contribution is 2.39. The minimum absolute atomic E-state index is 0. The van der Waals surface area contributed by atoms with Crippen LogP contribution in [-0.2, 0) is 4.79 Å². The molecule has 1 aliphatic heterocycles. The monoisotopic (exact) mass is 342 g/mol. The van der Waals surface area contributed by atoms with Crippen molar-refractivity contribution in [3.63, 3.8) is 0 Å². The molecule has 1 heterocycles. The summed E-state index contributed by atoms with van der Waals surface area (Å²) in [5.41, 5.74) is 0.784. The normalized spacial score (nSPS) is 17.2. The number of rotatable bonds is 5. The number of halogens is 1. The predicted molar refractivity (Wildman–Crippen MR) is 93.0 cm³/mol. The SMILES string of the molecule is CC(=O)Oc1cccc([C@@H](N2CCNCC2)C(C)(C)CO)c1.Cl. The molecule has 0 radical (unpaired) electrons. The number of nitrogens with zero attached hydrogens (tertiary/aromatic N) is 1. The second-order valence-electron chi connectivity index (χ2n) is 6.50. The van der Waals surface area contributed by atoms with E-state index >= 15 is 0 Å². The van der Waals surface area contributed by atoms with Crippen LogP contribution >= 0.6 is 12.4 Å². The molecule has 0 aromatic heterocycles. The zero-order chi connectivity index (χ0) is 16.2. The van der Waals surface area contributed by atoms with E-state index in [2.05, 4.69) is 24.1 Å². The van der Waals surface area contributed by atoms with Gasteiger partial charge in [0.15, 0.2) is 0 Å². The maximum Gasteiger partial charge on any atom is 0.308 e. The second kappa shape index (κ2) is 8.64. The Bertz CT molecular complexity index is 516. The number of carbonyl (C=O) groups excluding carboxylic acids is 1. The molecule has 0 aliphatic carbocycles. The lowest BCUT2D eigenvalue weighted by Gasteiger charge is -2.43. The molecule has 23 heavy (non-hydrogen) atoms. The van der Waals surface area contributed by atoms with Crippen molar-refractivity contribution in [2.24, 2.45) is 5.41 Å². The van der Waals surface area contributed by atoms with Crippen molar-refractivity contribution < 1.29 is 14.6 Å². The van der Waals surface area contributed by atoms with Gasteiger partial charge in [0.05, 0.1) is 0 Å². The summed E-state index contributed by atoms with van der Waals surface area (Å²) in [5, 5.41) is 13.2. The van der Waals surface area contributed by atoms with Crippen molar-refractivity contribution in [1.82, 2.24) is 10.2 Å². The van der Waals surface area contributed by atoms with Gasteiger partial charge in [-0.2, -0.15) is 0 Å². The second-order valence-corrected chi connectivity index (χ2v) is 6.50. The van der Waals surface area contributed by atoms with Crippen molar-refractivity contribution in [2.75, 3.05) is 32.8 Å². The fourth-order valence-corrected chi connectivity index (χ4v) is 3.10. The van der Waals surface area contributed by atoms with Crippen molar-refractivity contribution in [1.29, 1.82) is 0 Å². The molecule has 1 atom stereocenters. The maximum absolute atomic E-state index is 11.2. The van der Waals surface area contributed by atoms with Gasteiger partial charge in [-0.1, -0.05) is 26.0 Å². The van der Waals surface area contributed by atoms with Gasteiger partial charge in [0.1, 0.15) is 5.75 Å². The number of benzene rings is 1. The van der Waals surface area contributed by atoms with Crippen molar-refractivity contribution in [2.45, 2.75) is 26.8 Å². The van der Waals surface area contributed by atoms with E-state index in [1.54, 1.807) is 6.07 Å². The average molecular weight is 343 g/mol. The third-order valence-corrected chi connectivity index (χ3v) is 4.10. The quantitative estimate of drug-likeness (QED) is 0.633. The molecule has 130 valence electrons. The van der Waals surface area contributed by atoms with Crippen LogP contribution in [0.4, 0.5) is 0 Å².